The second-order valence-electron chi connectivity index (χ2n) is 4.78. The molecular formula is C10H20N2O3. The third-order valence-corrected chi connectivity index (χ3v) is 2.11. The Morgan fingerprint density at radius 1 is 1.53 bits per heavy atom. The predicted octanol–water partition coefficient (Wildman–Crippen LogP) is 0.627. The van der Waals surface area contributed by atoms with Gasteiger partial charge in [-0.1, -0.05) is 0 Å². The van der Waals surface area contributed by atoms with Crippen molar-refractivity contribution in [1.29, 1.82) is 0 Å². The van der Waals surface area contributed by atoms with Crippen LogP contribution in [-0.2, 0) is 9.47 Å². The molecule has 3 N–H and O–H groups in total. The highest BCUT2D eigenvalue weighted by molar-refractivity contribution is 5.68. The Hall–Kier alpha value is -0.810. The zero-order chi connectivity index (χ0) is 11.5. The largest absolute Gasteiger partial charge is 0.444 e. The highest BCUT2D eigenvalue weighted by atomic mass is 16.6. The van der Waals surface area contributed by atoms with Crippen molar-refractivity contribution in [2.45, 2.75) is 44.9 Å². The lowest BCUT2D eigenvalue weighted by Gasteiger charge is -2.30. The minimum Gasteiger partial charge on any atom is -0.444 e. The normalized spacial score (nSPS) is 27.2. The lowest BCUT2D eigenvalue weighted by molar-refractivity contribution is 0.0299. The first-order valence-electron chi connectivity index (χ1n) is 5.21. The van der Waals surface area contributed by atoms with Crippen molar-refractivity contribution < 1.29 is 14.3 Å². The van der Waals surface area contributed by atoms with Gasteiger partial charge in [-0.15, -0.1) is 0 Å². The molecule has 1 fully saturated rings. The molecular weight excluding hydrogens is 196 g/mol. The van der Waals surface area contributed by atoms with Crippen LogP contribution in [0.2, 0.25) is 0 Å². The van der Waals surface area contributed by atoms with Crippen molar-refractivity contribution in [2.24, 2.45) is 5.73 Å². The fourth-order valence-electron chi connectivity index (χ4n) is 1.36. The summed E-state index contributed by atoms with van der Waals surface area (Å²) in [5, 5.41) is 2.71. The number of carbonyl (C=O) groups is 1. The lowest BCUT2D eigenvalue weighted by Crippen LogP contribution is -2.54. The molecule has 5 heteroatoms. The number of ether oxygens (including phenoxy) is 2. The zero-order valence-corrected chi connectivity index (χ0v) is 9.58. The van der Waals surface area contributed by atoms with Gasteiger partial charge in [-0.3, -0.25) is 0 Å². The Bertz CT molecular complexity index is 225. The van der Waals surface area contributed by atoms with Crippen molar-refractivity contribution in [2.75, 3.05) is 13.2 Å². The van der Waals surface area contributed by atoms with E-state index in [9.17, 15) is 4.79 Å². The van der Waals surface area contributed by atoms with Gasteiger partial charge in [-0.05, 0) is 27.2 Å². The Balaban J connectivity index is 2.36. The van der Waals surface area contributed by atoms with Crippen LogP contribution >= 0.6 is 0 Å². The van der Waals surface area contributed by atoms with E-state index in [1.807, 2.05) is 20.8 Å². The fraction of sp³-hybridized carbons (Fsp3) is 0.900. The van der Waals surface area contributed by atoms with E-state index in [4.69, 9.17) is 15.2 Å². The third-order valence-electron chi connectivity index (χ3n) is 2.11. The van der Waals surface area contributed by atoms with Crippen LogP contribution in [0.4, 0.5) is 4.79 Å². The van der Waals surface area contributed by atoms with Crippen LogP contribution < -0.4 is 11.1 Å². The molecule has 1 rings (SSSR count). The number of hydrogen-bond acceptors (Lipinski definition) is 4. The number of amides is 1. The summed E-state index contributed by atoms with van der Waals surface area (Å²) in [7, 11) is 0. The first-order valence-corrected chi connectivity index (χ1v) is 5.21. The molecule has 0 spiro atoms. The van der Waals surface area contributed by atoms with E-state index < -0.39 is 11.7 Å². The van der Waals surface area contributed by atoms with Gasteiger partial charge >= 0.3 is 6.09 Å². The summed E-state index contributed by atoms with van der Waals surface area (Å²) >= 11 is 0. The van der Waals surface area contributed by atoms with Crippen LogP contribution in [0.3, 0.4) is 0 Å². The third kappa shape index (κ3) is 4.48. The van der Waals surface area contributed by atoms with Gasteiger partial charge in [-0.2, -0.15) is 0 Å². The number of nitrogens with one attached hydrogen (secondary N) is 1. The first kappa shape index (κ1) is 12.3. The van der Waals surface area contributed by atoms with Crippen molar-refractivity contribution in [3.05, 3.63) is 0 Å². The number of nitrogens with two attached hydrogens (primary N) is 1. The minimum absolute atomic E-state index is 0.0498. The van der Waals surface area contributed by atoms with E-state index in [1.165, 1.54) is 0 Å². The smallest absolute Gasteiger partial charge is 0.408 e. The van der Waals surface area contributed by atoms with Crippen LogP contribution in [0.5, 0.6) is 0 Å². The highest BCUT2D eigenvalue weighted by Crippen LogP contribution is 2.09. The van der Waals surface area contributed by atoms with E-state index in [-0.39, 0.29) is 12.1 Å². The van der Waals surface area contributed by atoms with E-state index in [2.05, 4.69) is 5.32 Å². The van der Waals surface area contributed by atoms with E-state index >= 15 is 0 Å². The average molecular weight is 216 g/mol. The summed E-state index contributed by atoms with van der Waals surface area (Å²) in [6.07, 6.45) is 0.328. The van der Waals surface area contributed by atoms with Gasteiger partial charge in [0.15, 0.2) is 0 Å². The molecule has 0 aliphatic carbocycles. The molecule has 5 nitrogen and oxygen atoms in total. The molecule has 1 heterocycles. The molecule has 2 atom stereocenters. The summed E-state index contributed by atoms with van der Waals surface area (Å²) in [6.45, 7) is 6.59. The van der Waals surface area contributed by atoms with Gasteiger partial charge < -0.3 is 20.5 Å². The van der Waals surface area contributed by atoms with Crippen LogP contribution in [0, 0.1) is 0 Å². The standard InChI is InChI=1S/C10H20N2O3/c1-10(2,3)15-9(13)12-8-6-14-5-4-7(8)11/h7-8H,4-6,11H2,1-3H3,(H,12,13). The van der Waals surface area contributed by atoms with Crippen LogP contribution in [0.25, 0.3) is 0 Å². The minimum atomic E-state index is -0.482. The van der Waals surface area contributed by atoms with Crippen molar-refractivity contribution in [1.82, 2.24) is 5.32 Å². The Kier molecular flexibility index (Phi) is 3.93. The van der Waals surface area contributed by atoms with Crippen molar-refractivity contribution in [3.8, 4) is 0 Å². The zero-order valence-electron chi connectivity index (χ0n) is 9.58. The molecule has 15 heavy (non-hydrogen) atoms. The van der Waals surface area contributed by atoms with E-state index in [0.717, 1.165) is 6.42 Å². The Morgan fingerprint density at radius 2 is 2.20 bits per heavy atom. The fourth-order valence-corrected chi connectivity index (χ4v) is 1.36. The summed E-state index contributed by atoms with van der Waals surface area (Å²) in [4.78, 5) is 11.4. The van der Waals surface area contributed by atoms with Gasteiger partial charge in [0.05, 0.1) is 12.6 Å². The second kappa shape index (κ2) is 4.81. The SMILES string of the molecule is CC(C)(C)OC(=O)NC1COCCC1N. The van der Waals surface area contributed by atoms with Gasteiger partial charge in [0.1, 0.15) is 5.60 Å². The number of carbonyl (C=O) groups excluding carboxylic acids is 1. The molecule has 88 valence electrons. The van der Waals surface area contributed by atoms with Crippen LogP contribution in [-0.4, -0.2) is 37.0 Å². The molecule has 1 saturated heterocycles. The quantitative estimate of drug-likeness (QED) is 0.674. The van der Waals surface area contributed by atoms with Crippen LogP contribution in [0.15, 0.2) is 0 Å². The predicted molar refractivity (Wildman–Crippen MR) is 56.6 cm³/mol. The summed E-state index contributed by atoms with van der Waals surface area (Å²) in [5.74, 6) is 0. The van der Waals surface area contributed by atoms with Gasteiger partial charge in [-0.25, -0.2) is 4.79 Å². The van der Waals surface area contributed by atoms with E-state index in [0.29, 0.717) is 13.2 Å². The van der Waals surface area contributed by atoms with Crippen molar-refractivity contribution in [3.63, 3.8) is 0 Å². The lowest BCUT2D eigenvalue weighted by atomic mass is 10.1. The number of hydrogen-bond donors (Lipinski definition) is 2. The molecule has 0 radical (unpaired) electrons. The summed E-state index contributed by atoms with van der Waals surface area (Å²) in [5.41, 5.74) is 5.36. The maximum absolute atomic E-state index is 11.4. The van der Waals surface area contributed by atoms with Gasteiger partial charge in [0.2, 0.25) is 0 Å². The molecule has 0 saturated carbocycles. The second-order valence-corrected chi connectivity index (χ2v) is 4.78. The summed E-state index contributed by atoms with van der Waals surface area (Å²) < 4.78 is 10.4. The Labute approximate surface area is 90.3 Å². The maximum Gasteiger partial charge on any atom is 0.408 e. The molecule has 0 aromatic rings. The van der Waals surface area contributed by atoms with Gasteiger partial charge in [0.25, 0.3) is 0 Å². The van der Waals surface area contributed by atoms with E-state index in [1.54, 1.807) is 0 Å². The number of alkyl carbamates (subject to hydrolysis) is 1. The molecule has 0 aromatic heterocycles. The molecule has 0 aromatic carbocycles. The van der Waals surface area contributed by atoms with Crippen LogP contribution in [0.1, 0.15) is 27.2 Å². The maximum atomic E-state index is 11.4. The average Bonchev–Trinajstić information content (AvgIpc) is 2.05. The van der Waals surface area contributed by atoms with Gasteiger partial charge in [0, 0.05) is 12.6 Å². The summed E-state index contributed by atoms with van der Waals surface area (Å²) in [6, 6.07) is -0.195. The molecule has 1 aliphatic rings. The monoisotopic (exact) mass is 216 g/mol. The Morgan fingerprint density at radius 3 is 2.73 bits per heavy atom. The highest BCUT2D eigenvalue weighted by Gasteiger charge is 2.26. The molecule has 2 unspecified atom stereocenters. The molecule has 0 bridgehead atoms. The topological polar surface area (TPSA) is 73.6 Å². The van der Waals surface area contributed by atoms with Crippen molar-refractivity contribution >= 4 is 6.09 Å². The number of rotatable bonds is 1. The molecule has 1 aliphatic heterocycles. The first-order chi connectivity index (χ1) is 6.88. The molecule has 1 amide bonds.